The summed E-state index contributed by atoms with van der Waals surface area (Å²) in [6.45, 7) is 4.39. The minimum atomic E-state index is -1.38. The van der Waals surface area contributed by atoms with Crippen LogP contribution in [0.2, 0.25) is 0 Å². The highest BCUT2D eigenvalue weighted by Gasteiger charge is 2.39. The average molecular weight is 602 g/mol. The molecule has 1 saturated heterocycles. The Morgan fingerprint density at radius 2 is 1.74 bits per heavy atom. The van der Waals surface area contributed by atoms with Gasteiger partial charge < -0.3 is 25.2 Å². The molecule has 0 bridgehead atoms. The number of benzene rings is 2. The first-order chi connectivity index (χ1) is 20.2. The van der Waals surface area contributed by atoms with Gasteiger partial charge in [0, 0.05) is 37.8 Å². The van der Waals surface area contributed by atoms with Gasteiger partial charge in [-0.3, -0.25) is 14.4 Å². The minimum Gasteiger partial charge on any atom is -0.444 e. The highest BCUT2D eigenvalue weighted by atomic mass is 19.2. The normalized spacial score (nSPS) is 17.0. The molecule has 0 spiro atoms. The van der Waals surface area contributed by atoms with Gasteiger partial charge in [0.25, 0.3) is 0 Å². The molecule has 1 fully saturated rings. The summed E-state index contributed by atoms with van der Waals surface area (Å²) in [7, 11) is 1.33. The summed E-state index contributed by atoms with van der Waals surface area (Å²) in [5, 5.41) is 14.8. The van der Waals surface area contributed by atoms with Crippen molar-refractivity contribution in [2.24, 2.45) is 5.92 Å². The molecule has 3 rings (SSSR count). The molecule has 0 aliphatic carbocycles. The van der Waals surface area contributed by atoms with Gasteiger partial charge in [0.2, 0.25) is 17.7 Å². The summed E-state index contributed by atoms with van der Waals surface area (Å²) in [6.07, 6.45) is -1.61. The molecule has 1 aliphatic rings. The molecule has 13 heteroatoms. The Hall–Kier alpha value is -4.60. The average Bonchev–Trinajstić information content (AvgIpc) is 3.36. The van der Waals surface area contributed by atoms with Gasteiger partial charge in [0.1, 0.15) is 17.5 Å². The van der Waals surface area contributed by atoms with E-state index >= 15 is 0 Å². The van der Waals surface area contributed by atoms with Crippen molar-refractivity contribution >= 4 is 29.5 Å². The predicted molar refractivity (Wildman–Crippen MR) is 150 cm³/mol. The van der Waals surface area contributed by atoms with Gasteiger partial charge in [0.15, 0.2) is 11.6 Å². The second-order valence-electron chi connectivity index (χ2n) is 11.3. The molecule has 2 aromatic rings. The molecule has 2 N–H and O–H groups in total. The second kappa shape index (κ2) is 14.0. The maximum absolute atomic E-state index is 14.4. The third kappa shape index (κ3) is 9.46. The molecule has 43 heavy (non-hydrogen) atoms. The number of carbonyl (C=O) groups is 4. The Labute approximate surface area is 247 Å². The zero-order chi connectivity index (χ0) is 31.9. The van der Waals surface area contributed by atoms with Gasteiger partial charge in [-0.15, -0.1) is 0 Å². The lowest BCUT2D eigenvalue weighted by Gasteiger charge is -2.26. The lowest BCUT2D eigenvalue weighted by molar-refractivity contribution is -0.139. The molecule has 4 amide bonds. The Bertz CT molecular complexity index is 1390. The number of anilines is 1. The number of para-hydroxylation sites is 1. The summed E-state index contributed by atoms with van der Waals surface area (Å²) in [6, 6.07) is 9.80. The lowest BCUT2D eigenvalue weighted by atomic mass is 10.0. The van der Waals surface area contributed by atoms with Crippen LogP contribution in [0.3, 0.4) is 0 Å². The Balaban J connectivity index is 1.66. The molecule has 0 saturated carbocycles. The standard InChI is InChI=1S/C30H34F3N5O5/c1-30(2,3)43-29(42)36-21(10-18-12-24(32)25(33)14-23(18)31)13-26(39)37(4)17-27(40)38-16-19(11-22(38)15-34)28(41)35-20-8-6-5-7-9-20/h5-9,12,14,19,21-22H,10-11,13,16-17H2,1-4H3,(H,35,41)(H,36,42). The smallest absolute Gasteiger partial charge is 0.407 e. The minimum absolute atomic E-state index is 0.0179. The van der Waals surface area contributed by atoms with Crippen LogP contribution in [0.15, 0.2) is 42.5 Å². The van der Waals surface area contributed by atoms with Crippen LogP contribution in [0.5, 0.6) is 0 Å². The van der Waals surface area contributed by atoms with E-state index in [0.717, 1.165) is 4.90 Å². The number of nitrogens with zero attached hydrogens (tertiary/aromatic N) is 3. The SMILES string of the molecule is CN(CC(=O)N1CC(C(=O)Nc2ccccc2)CC1C#N)C(=O)CC(Cc1cc(F)c(F)cc1F)NC(=O)OC(C)(C)C. The molecular formula is C30H34F3N5O5. The van der Waals surface area contributed by atoms with Crippen molar-refractivity contribution in [2.75, 3.05) is 25.5 Å². The van der Waals surface area contributed by atoms with Crippen molar-refractivity contribution in [1.82, 2.24) is 15.1 Å². The number of amides is 4. The van der Waals surface area contributed by atoms with Crippen molar-refractivity contribution in [3.05, 3.63) is 65.5 Å². The fourth-order valence-corrected chi connectivity index (χ4v) is 4.57. The third-order valence-corrected chi connectivity index (χ3v) is 6.68. The van der Waals surface area contributed by atoms with E-state index in [4.69, 9.17) is 4.74 Å². The molecule has 230 valence electrons. The topological polar surface area (TPSA) is 132 Å². The third-order valence-electron chi connectivity index (χ3n) is 6.68. The van der Waals surface area contributed by atoms with Crippen LogP contribution in [-0.2, 0) is 25.5 Å². The molecule has 3 atom stereocenters. The van der Waals surface area contributed by atoms with E-state index in [9.17, 15) is 37.6 Å². The van der Waals surface area contributed by atoms with Gasteiger partial charge in [-0.2, -0.15) is 5.26 Å². The largest absolute Gasteiger partial charge is 0.444 e. The first-order valence-electron chi connectivity index (χ1n) is 13.6. The van der Waals surface area contributed by atoms with Crippen molar-refractivity contribution in [3.8, 4) is 6.07 Å². The molecule has 0 aromatic heterocycles. The molecule has 1 heterocycles. The summed E-state index contributed by atoms with van der Waals surface area (Å²) < 4.78 is 46.8. The van der Waals surface area contributed by atoms with Gasteiger partial charge in [-0.05, 0) is 57.4 Å². The zero-order valence-electron chi connectivity index (χ0n) is 24.3. The number of hydrogen-bond donors (Lipinski definition) is 2. The zero-order valence-corrected chi connectivity index (χ0v) is 24.3. The molecular weight excluding hydrogens is 567 g/mol. The fraction of sp³-hybridized carbons (Fsp3) is 0.433. The van der Waals surface area contributed by atoms with Gasteiger partial charge in [-0.1, -0.05) is 18.2 Å². The molecule has 1 aliphatic heterocycles. The number of ether oxygens (including phenoxy) is 1. The van der Waals surface area contributed by atoms with E-state index in [0.29, 0.717) is 17.8 Å². The van der Waals surface area contributed by atoms with Crippen LogP contribution in [0.4, 0.5) is 23.7 Å². The van der Waals surface area contributed by atoms with Crippen LogP contribution in [0, 0.1) is 34.7 Å². The number of likely N-dealkylation sites (N-methyl/N-ethyl adjacent to an activating group) is 1. The summed E-state index contributed by atoms with van der Waals surface area (Å²) in [4.78, 5) is 53.7. The van der Waals surface area contributed by atoms with E-state index in [2.05, 4.69) is 10.6 Å². The number of hydrogen-bond acceptors (Lipinski definition) is 6. The number of nitrogens with one attached hydrogen (secondary N) is 2. The number of alkyl carbamates (subject to hydrolysis) is 1. The van der Waals surface area contributed by atoms with Crippen molar-refractivity contribution < 1.29 is 37.1 Å². The van der Waals surface area contributed by atoms with E-state index < -0.39 is 71.9 Å². The van der Waals surface area contributed by atoms with E-state index in [1.807, 2.05) is 6.07 Å². The number of carbonyl (C=O) groups excluding carboxylic acids is 4. The molecule has 3 unspecified atom stereocenters. The molecule has 2 aromatic carbocycles. The van der Waals surface area contributed by atoms with Crippen molar-refractivity contribution in [3.63, 3.8) is 0 Å². The van der Waals surface area contributed by atoms with Crippen LogP contribution < -0.4 is 10.6 Å². The highest BCUT2D eigenvalue weighted by molar-refractivity contribution is 5.94. The van der Waals surface area contributed by atoms with Crippen molar-refractivity contribution in [2.45, 2.75) is 57.7 Å². The lowest BCUT2D eigenvalue weighted by Crippen LogP contribution is -2.46. The van der Waals surface area contributed by atoms with E-state index in [-0.39, 0.29) is 30.9 Å². The number of halogens is 3. The Kier molecular flexibility index (Phi) is 10.7. The molecule has 10 nitrogen and oxygen atoms in total. The monoisotopic (exact) mass is 601 g/mol. The fourth-order valence-electron chi connectivity index (χ4n) is 4.57. The van der Waals surface area contributed by atoms with E-state index in [1.165, 1.54) is 11.9 Å². The highest BCUT2D eigenvalue weighted by Crippen LogP contribution is 2.25. The quantitative estimate of drug-likeness (QED) is 0.421. The Morgan fingerprint density at radius 1 is 1.09 bits per heavy atom. The molecule has 0 radical (unpaired) electrons. The number of likely N-dealkylation sites (tertiary alicyclic amines) is 1. The Morgan fingerprint density at radius 3 is 2.37 bits per heavy atom. The first kappa shape index (κ1) is 32.9. The van der Waals surface area contributed by atoms with Gasteiger partial charge >= 0.3 is 6.09 Å². The van der Waals surface area contributed by atoms with Crippen LogP contribution in [0.25, 0.3) is 0 Å². The first-order valence-corrected chi connectivity index (χ1v) is 13.6. The maximum Gasteiger partial charge on any atom is 0.407 e. The predicted octanol–water partition coefficient (Wildman–Crippen LogP) is 3.77. The van der Waals surface area contributed by atoms with Gasteiger partial charge in [0.05, 0.1) is 18.5 Å². The summed E-state index contributed by atoms with van der Waals surface area (Å²) in [5.41, 5.74) is -0.591. The van der Waals surface area contributed by atoms with Gasteiger partial charge in [-0.25, -0.2) is 18.0 Å². The van der Waals surface area contributed by atoms with Crippen LogP contribution >= 0.6 is 0 Å². The van der Waals surface area contributed by atoms with Crippen molar-refractivity contribution in [1.29, 1.82) is 5.26 Å². The van der Waals surface area contributed by atoms with E-state index in [1.54, 1.807) is 51.1 Å². The number of nitriles is 1. The van der Waals surface area contributed by atoms with Crippen LogP contribution in [-0.4, -0.2) is 71.4 Å². The summed E-state index contributed by atoms with van der Waals surface area (Å²) in [5.74, 6) is -5.92. The number of rotatable bonds is 9. The second-order valence-corrected chi connectivity index (χ2v) is 11.3. The maximum atomic E-state index is 14.4. The summed E-state index contributed by atoms with van der Waals surface area (Å²) >= 11 is 0. The van der Waals surface area contributed by atoms with Crippen LogP contribution in [0.1, 0.15) is 39.2 Å².